The van der Waals surface area contributed by atoms with Crippen LogP contribution in [0.25, 0.3) is 10.9 Å². The molecule has 7 nitrogen and oxygen atoms in total. The molecule has 2 aromatic rings. The molecule has 2 heterocycles. The molecule has 0 atom stereocenters. The molecule has 0 bridgehead atoms. The number of amides is 2. The maximum atomic E-state index is 12.4. The van der Waals surface area contributed by atoms with Gasteiger partial charge in [0.1, 0.15) is 0 Å². The Balaban J connectivity index is 1.45. The number of piperidine rings is 1. The third-order valence-corrected chi connectivity index (χ3v) is 4.68. The van der Waals surface area contributed by atoms with Gasteiger partial charge < -0.3 is 10.2 Å². The molecule has 1 N–H and O–H groups in total. The number of aromatic nitrogens is 2. The van der Waals surface area contributed by atoms with Gasteiger partial charge in [-0.3, -0.25) is 19.0 Å². The maximum Gasteiger partial charge on any atom is 0.261 e. The Morgan fingerprint density at radius 3 is 2.65 bits per heavy atom. The van der Waals surface area contributed by atoms with Gasteiger partial charge in [-0.2, -0.15) is 0 Å². The van der Waals surface area contributed by atoms with Crippen molar-refractivity contribution in [3.8, 4) is 0 Å². The van der Waals surface area contributed by atoms with E-state index in [-0.39, 0.29) is 30.3 Å². The van der Waals surface area contributed by atoms with Gasteiger partial charge in [0.25, 0.3) is 5.56 Å². The molecule has 0 saturated carbocycles. The summed E-state index contributed by atoms with van der Waals surface area (Å²) in [6.07, 6.45) is 5.28. The fourth-order valence-corrected chi connectivity index (χ4v) is 3.19. The van der Waals surface area contributed by atoms with Gasteiger partial charge in [0.15, 0.2) is 0 Å². The number of nitrogens with zero attached hydrogens (tertiary/aromatic N) is 3. The number of hydrogen-bond acceptors (Lipinski definition) is 4. The highest BCUT2D eigenvalue weighted by molar-refractivity contribution is 5.79. The van der Waals surface area contributed by atoms with Gasteiger partial charge in [-0.15, -0.1) is 0 Å². The first-order chi connectivity index (χ1) is 12.6. The summed E-state index contributed by atoms with van der Waals surface area (Å²) < 4.78 is 1.45. The van der Waals surface area contributed by atoms with E-state index in [0.29, 0.717) is 23.9 Å². The topological polar surface area (TPSA) is 84.3 Å². The van der Waals surface area contributed by atoms with Crippen molar-refractivity contribution < 1.29 is 9.59 Å². The van der Waals surface area contributed by atoms with Crippen molar-refractivity contribution in [3.63, 3.8) is 0 Å². The molecule has 3 rings (SSSR count). The molecule has 2 amide bonds. The number of hydrogen-bond donors (Lipinski definition) is 1. The van der Waals surface area contributed by atoms with Crippen LogP contribution < -0.4 is 10.9 Å². The molecule has 0 unspecified atom stereocenters. The number of carbonyl (C=O) groups excluding carboxylic acids is 2. The minimum absolute atomic E-state index is 0.0972. The predicted molar refractivity (Wildman–Crippen MR) is 98.7 cm³/mol. The minimum atomic E-state index is -0.170. The molecule has 0 aliphatic carbocycles. The highest BCUT2D eigenvalue weighted by Crippen LogP contribution is 2.09. The van der Waals surface area contributed by atoms with Gasteiger partial charge in [0, 0.05) is 39.0 Å². The van der Waals surface area contributed by atoms with Crippen LogP contribution in [0.5, 0.6) is 0 Å². The predicted octanol–water partition coefficient (Wildman–Crippen LogP) is 1.31. The largest absolute Gasteiger partial charge is 0.356 e. The summed E-state index contributed by atoms with van der Waals surface area (Å²) in [4.78, 5) is 42.5. The lowest BCUT2D eigenvalue weighted by atomic mass is 10.1. The number of nitrogens with one attached hydrogen (secondary N) is 1. The molecule has 0 radical (unpaired) electrons. The summed E-state index contributed by atoms with van der Waals surface area (Å²) in [5.41, 5.74) is 0.498. The Hall–Kier alpha value is -2.70. The van der Waals surface area contributed by atoms with E-state index in [1.807, 2.05) is 11.0 Å². The number of benzene rings is 1. The fraction of sp³-hybridized carbons (Fsp3) is 0.474. The normalized spacial score (nSPS) is 14.4. The van der Waals surface area contributed by atoms with Crippen LogP contribution in [0, 0.1) is 0 Å². The summed E-state index contributed by atoms with van der Waals surface area (Å²) >= 11 is 0. The number of likely N-dealkylation sites (tertiary alicyclic amines) is 1. The van der Waals surface area contributed by atoms with Gasteiger partial charge in [0.2, 0.25) is 11.8 Å². The van der Waals surface area contributed by atoms with Crippen LogP contribution in [-0.4, -0.2) is 45.9 Å². The van der Waals surface area contributed by atoms with E-state index in [0.717, 1.165) is 25.9 Å². The summed E-state index contributed by atoms with van der Waals surface area (Å²) in [7, 11) is 0. The summed E-state index contributed by atoms with van der Waals surface area (Å²) in [5, 5.41) is 3.30. The second-order valence-corrected chi connectivity index (χ2v) is 6.55. The van der Waals surface area contributed by atoms with E-state index in [2.05, 4.69) is 10.3 Å². The molecule has 7 heteroatoms. The van der Waals surface area contributed by atoms with Gasteiger partial charge in [-0.1, -0.05) is 12.1 Å². The highest BCUT2D eigenvalue weighted by atomic mass is 16.2. The van der Waals surface area contributed by atoms with Crippen LogP contribution in [0.15, 0.2) is 35.4 Å². The Kier molecular flexibility index (Phi) is 5.99. The Labute approximate surface area is 152 Å². The molecular weight excluding hydrogens is 332 g/mol. The minimum Gasteiger partial charge on any atom is -0.356 e. The van der Waals surface area contributed by atoms with E-state index < -0.39 is 0 Å². The lowest BCUT2D eigenvalue weighted by molar-refractivity contribution is -0.132. The van der Waals surface area contributed by atoms with Gasteiger partial charge in [-0.05, 0) is 31.4 Å². The van der Waals surface area contributed by atoms with Crippen LogP contribution in [0.1, 0.15) is 32.1 Å². The van der Waals surface area contributed by atoms with E-state index in [4.69, 9.17) is 0 Å². The number of fused-ring (bicyclic) bond motifs is 1. The molecule has 1 aromatic heterocycles. The first-order valence-corrected chi connectivity index (χ1v) is 9.14. The molecular formula is C19H24N4O3. The lowest BCUT2D eigenvalue weighted by Gasteiger charge is -2.26. The zero-order valence-corrected chi connectivity index (χ0v) is 14.8. The maximum absolute atomic E-state index is 12.4. The molecule has 1 aromatic carbocycles. The lowest BCUT2D eigenvalue weighted by Crippen LogP contribution is -2.38. The van der Waals surface area contributed by atoms with Crippen LogP contribution in [0.2, 0.25) is 0 Å². The number of aryl methyl sites for hydroxylation is 1. The Bertz CT molecular complexity index is 840. The van der Waals surface area contributed by atoms with Crippen molar-refractivity contribution in [3.05, 3.63) is 40.9 Å². The zero-order valence-electron chi connectivity index (χ0n) is 14.8. The van der Waals surface area contributed by atoms with Crippen LogP contribution in [0.3, 0.4) is 0 Å². The van der Waals surface area contributed by atoms with Crippen molar-refractivity contribution in [2.45, 2.75) is 38.6 Å². The SMILES string of the molecule is O=C(CCn1cnc2ccccc2c1=O)NCCC(=O)N1CCCCC1. The first kappa shape index (κ1) is 18.1. The van der Waals surface area contributed by atoms with Crippen molar-refractivity contribution in [2.24, 2.45) is 0 Å². The number of para-hydroxylation sites is 1. The molecule has 1 saturated heterocycles. The third kappa shape index (κ3) is 4.47. The van der Waals surface area contributed by atoms with E-state index in [9.17, 15) is 14.4 Å². The molecule has 138 valence electrons. The third-order valence-electron chi connectivity index (χ3n) is 4.68. The molecule has 1 fully saturated rings. The molecule has 1 aliphatic heterocycles. The first-order valence-electron chi connectivity index (χ1n) is 9.14. The van der Waals surface area contributed by atoms with E-state index >= 15 is 0 Å². The Morgan fingerprint density at radius 2 is 1.85 bits per heavy atom. The number of carbonyl (C=O) groups is 2. The average Bonchev–Trinajstić information content (AvgIpc) is 2.68. The van der Waals surface area contributed by atoms with E-state index in [1.54, 1.807) is 18.2 Å². The zero-order chi connectivity index (χ0) is 18.4. The van der Waals surface area contributed by atoms with Crippen LogP contribution in [0.4, 0.5) is 0 Å². The van der Waals surface area contributed by atoms with Crippen LogP contribution in [-0.2, 0) is 16.1 Å². The monoisotopic (exact) mass is 356 g/mol. The Morgan fingerprint density at radius 1 is 1.08 bits per heavy atom. The summed E-state index contributed by atoms with van der Waals surface area (Å²) in [6.45, 7) is 2.25. The molecule has 0 spiro atoms. The summed E-state index contributed by atoms with van der Waals surface area (Å²) in [5.74, 6) is -0.0727. The van der Waals surface area contributed by atoms with E-state index in [1.165, 1.54) is 17.3 Å². The van der Waals surface area contributed by atoms with Gasteiger partial charge >= 0.3 is 0 Å². The van der Waals surface area contributed by atoms with Crippen molar-refractivity contribution in [2.75, 3.05) is 19.6 Å². The number of rotatable bonds is 6. The smallest absolute Gasteiger partial charge is 0.261 e. The fourth-order valence-electron chi connectivity index (χ4n) is 3.19. The standard InChI is InChI=1S/C19H24N4O3/c24-17(20-10-8-18(25)22-11-4-1-5-12-22)9-13-23-14-21-16-7-3-2-6-15(16)19(23)26/h2-3,6-7,14H,1,4-5,8-13H2,(H,20,24). The van der Waals surface area contributed by atoms with Gasteiger partial charge in [-0.25, -0.2) is 4.98 Å². The second-order valence-electron chi connectivity index (χ2n) is 6.55. The van der Waals surface area contributed by atoms with Gasteiger partial charge in [0.05, 0.1) is 17.2 Å². The van der Waals surface area contributed by atoms with Crippen molar-refractivity contribution in [1.29, 1.82) is 0 Å². The van der Waals surface area contributed by atoms with Crippen molar-refractivity contribution in [1.82, 2.24) is 19.8 Å². The molecule has 1 aliphatic rings. The summed E-state index contributed by atoms with van der Waals surface area (Å²) in [6, 6.07) is 7.14. The molecule has 26 heavy (non-hydrogen) atoms. The van der Waals surface area contributed by atoms with Crippen LogP contribution >= 0.6 is 0 Å². The average molecular weight is 356 g/mol. The second kappa shape index (κ2) is 8.60. The highest BCUT2D eigenvalue weighted by Gasteiger charge is 2.16. The van der Waals surface area contributed by atoms with Crippen molar-refractivity contribution >= 4 is 22.7 Å². The quantitative estimate of drug-likeness (QED) is 0.846.